The van der Waals surface area contributed by atoms with Crippen LogP contribution in [-0.2, 0) is 4.79 Å². The van der Waals surface area contributed by atoms with E-state index in [4.69, 9.17) is 11.4 Å². The Kier molecular flexibility index (Phi) is 7.82. The van der Waals surface area contributed by atoms with Crippen LogP contribution in [0, 0.1) is 18.2 Å². The van der Waals surface area contributed by atoms with Gasteiger partial charge in [0.2, 0.25) is 5.91 Å². The second-order valence-electron chi connectivity index (χ2n) is 11.0. The Morgan fingerprint density at radius 1 is 1.12 bits per heavy atom. The average Bonchev–Trinajstić information content (AvgIpc) is 3.67. The number of carbonyl (C=O) groups is 1. The summed E-state index contributed by atoms with van der Waals surface area (Å²) < 4.78 is 14.7. The van der Waals surface area contributed by atoms with Gasteiger partial charge in [0, 0.05) is 77.7 Å². The Labute approximate surface area is 248 Å². The van der Waals surface area contributed by atoms with Crippen LogP contribution in [0.15, 0.2) is 51.4 Å². The minimum absolute atomic E-state index is 0.0142. The molecule has 0 radical (unpaired) electrons. The van der Waals surface area contributed by atoms with Gasteiger partial charge in [-0.3, -0.25) is 14.5 Å². The van der Waals surface area contributed by atoms with Gasteiger partial charge in [0.05, 0.1) is 27.6 Å². The van der Waals surface area contributed by atoms with Gasteiger partial charge in [-0.1, -0.05) is 6.07 Å². The molecular weight excluding hydrogens is 549 g/mol. The van der Waals surface area contributed by atoms with Crippen molar-refractivity contribution in [1.82, 2.24) is 25.2 Å². The standard InChI is InChI=1S/C31H34FN9O2/c1-3-4-11-31(38-39-31)12-10-25(42)34-13-14-40-15-17-41(18-16-40)20-8-9-22-24(19-20)36-29(35-22)27-28(33-2)26-21(32)6-5-7-23(26)37-30(27)43/h1,5-9,19H,4,10-18H2,2H3,(H,34,42)(H,35,36)(H2,33,37,43). The van der Waals surface area contributed by atoms with Crippen LogP contribution in [0.1, 0.15) is 25.7 Å². The molecule has 2 aliphatic rings. The number of carbonyl (C=O) groups excluding carboxylic acids is 1. The quantitative estimate of drug-likeness (QED) is 0.198. The molecule has 0 atom stereocenters. The van der Waals surface area contributed by atoms with Crippen LogP contribution in [0.4, 0.5) is 15.8 Å². The van der Waals surface area contributed by atoms with E-state index in [9.17, 15) is 14.0 Å². The summed E-state index contributed by atoms with van der Waals surface area (Å²) in [6.07, 6.45) is 7.65. The molecule has 1 saturated heterocycles. The van der Waals surface area contributed by atoms with E-state index in [0.717, 1.165) is 49.4 Å². The summed E-state index contributed by atoms with van der Waals surface area (Å²) in [5.74, 6) is 2.57. The van der Waals surface area contributed by atoms with E-state index >= 15 is 0 Å². The van der Waals surface area contributed by atoms with Gasteiger partial charge in [-0.15, -0.1) is 12.3 Å². The number of aromatic amines is 2. The van der Waals surface area contributed by atoms with Crippen LogP contribution >= 0.6 is 0 Å². The fourth-order valence-corrected chi connectivity index (χ4v) is 5.74. The van der Waals surface area contributed by atoms with E-state index in [1.807, 2.05) is 18.2 Å². The van der Waals surface area contributed by atoms with Crippen molar-refractivity contribution in [1.29, 1.82) is 0 Å². The number of terminal acetylenes is 1. The maximum atomic E-state index is 14.7. The number of nitrogens with zero attached hydrogens (tertiary/aromatic N) is 5. The Morgan fingerprint density at radius 2 is 1.93 bits per heavy atom. The van der Waals surface area contributed by atoms with Crippen LogP contribution in [0.5, 0.6) is 0 Å². The molecule has 4 N–H and O–H groups in total. The van der Waals surface area contributed by atoms with Crippen molar-refractivity contribution in [2.24, 2.45) is 10.2 Å². The number of nitrogens with one attached hydrogen (secondary N) is 4. The van der Waals surface area contributed by atoms with Crippen LogP contribution < -0.4 is 21.1 Å². The van der Waals surface area contributed by atoms with E-state index in [1.54, 1.807) is 19.2 Å². The number of fused-ring (bicyclic) bond motifs is 2. The Morgan fingerprint density at radius 3 is 2.67 bits per heavy atom. The summed E-state index contributed by atoms with van der Waals surface area (Å²) >= 11 is 0. The molecule has 0 bridgehead atoms. The molecule has 43 heavy (non-hydrogen) atoms. The molecule has 0 saturated carbocycles. The average molecular weight is 584 g/mol. The zero-order chi connectivity index (χ0) is 30.0. The van der Waals surface area contributed by atoms with Gasteiger partial charge in [0.15, 0.2) is 5.66 Å². The summed E-state index contributed by atoms with van der Waals surface area (Å²) in [6.45, 7) is 4.80. The van der Waals surface area contributed by atoms with Crippen LogP contribution in [0.3, 0.4) is 0 Å². The van der Waals surface area contributed by atoms with Crippen LogP contribution in [-0.4, -0.2) is 77.7 Å². The number of H-pyrrole nitrogens is 2. The summed E-state index contributed by atoms with van der Waals surface area (Å²) in [5.41, 5.74) is 2.84. The molecule has 2 aromatic carbocycles. The molecular formula is C31H34FN9O2. The lowest BCUT2D eigenvalue weighted by Gasteiger charge is -2.36. The number of imidazole rings is 1. The number of amides is 1. The lowest BCUT2D eigenvalue weighted by atomic mass is 10.0. The first kappa shape index (κ1) is 28.4. The van der Waals surface area contributed by atoms with Crippen LogP contribution in [0.25, 0.3) is 33.3 Å². The lowest BCUT2D eigenvalue weighted by molar-refractivity contribution is -0.121. The summed E-state index contributed by atoms with van der Waals surface area (Å²) in [5, 5.41) is 14.5. The molecule has 1 fully saturated rings. The second kappa shape index (κ2) is 11.9. The minimum Gasteiger partial charge on any atom is -0.387 e. The first-order valence-corrected chi connectivity index (χ1v) is 14.5. The number of benzene rings is 2. The first-order valence-electron chi connectivity index (χ1n) is 14.5. The third-order valence-corrected chi connectivity index (χ3v) is 8.23. The maximum absolute atomic E-state index is 14.7. The SMILES string of the molecule is C#CCCC1(CCC(=O)NCCN2CCN(c3ccc4[nH]c(-c5c(NC)c6c(F)cccc6[nH]c5=O)nc4c3)CC2)N=N1. The first-order chi connectivity index (χ1) is 20.9. The number of halogens is 1. The van der Waals surface area contributed by atoms with E-state index in [0.29, 0.717) is 54.6 Å². The number of rotatable bonds is 11. The molecule has 6 rings (SSSR count). The van der Waals surface area contributed by atoms with Gasteiger partial charge >= 0.3 is 0 Å². The highest BCUT2D eigenvalue weighted by Crippen LogP contribution is 2.37. The highest BCUT2D eigenvalue weighted by Gasteiger charge is 2.39. The summed E-state index contributed by atoms with van der Waals surface area (Å²) in [7, 11) is 1.67. The third-order valence-electron chi connectivity index (χ3n) is 8.23. The molecule has 4 heterocycles. The van der Waals surface area contributed by atoms with Crippen molar-refractivity contribution in [3.8, 4) is 23.7 Å². The predicted molar refractivity (Wildman–Crippen MR) is 166 cm³/mol. The molecule has 11 nitrogen and oxygen atoms in total. The maximum Gasteiger partial charge on any atom is 0.261 e. The highest BCUT2D eigenvalue weighted by atomic mass is 19.1. The highest BCUT2D eigenvalue weighted by molar-refractivity contribution is 5.99. The second-order valence-corrected chi connectivity index (χ2v) is 11.0. The van der Waals surface area contributed by atoms with Crippen molar-refractivity contribution >= 4 is 39.2 Å². The zero-order valence-electron chi connectivity index (χ0n) is 24.0. The Balaban J connectivity index is 1.05. The number of hydrogen-bond donors (Lipinski definition) is 4. The predicted octanol–water partition coefficient (Wildman–Crippen LogP) is 3.85. The van der Waals surface area contributed by atoms with Crippen molar-refractivity contribution < 1.29 is 9.18 Å². The van der Waals surface area contributed by atoms with Crippen LogP contribution in [0.2, 0.25) is 0 Å². The molecule has 0 aliphatic carbocycles. The monoisotopic (exact) mass is 583 g/mol. The van der Waals surface area contributed by atoms with Crippen molar-refractivity contribution in [3.63, 3.8) is 0 Å². The van der Waals surface area contributed by atoms with Gasteiger partial charge < -0.3 is 25.5 Å². The molecule has 1 amide bonds. The normalized spacial score (nSPS) is 16.0. The largest absolute Gasteiger partial charge is 0.387 e. The summed E-state index contributed by atoms with van der Waals surface area (Å²) in [6, 6.07) is 10.6. The smallest absolute Gasteiger partial charge is 0.261 e. The van der Waals surface area contributed by atoms with E-state index in [1.165, 1.54) is 6.07 Å². The minimum atomic E-state index is -0.427. The third kappa shape index (κ3) is 5.94. The molecule has 12 heteroatoms. The van der Waals surface area contributed by atoms with Crippen molar-refractivity contribution in [3.05, 3.63) is 52.6 Å². The molecule has 2 aromatic heterocycles. The summed E-state index contributed by atoms with van der Waals surface area (Å²) in [4.78, 5) is 40.7. The Hall–Kier alpha value is -4.76. The number of pyridine rings is 1. The number of hydrogen-bond acceptors (Lipinski definition) is 8. The van der Waals surface area contributed by atoms with Gasteiger partial charge in [-0.05, 0) is 30.3 Å². The van der Waals surface area contributed by atoms with Gasteiger partial charge in [-0.2, -0.15) is 10.2 Å². The molecule has 222 valence electrons. The number of piperazine rings is 1. The van der Waals surface area contributed by atoms with Crippen molar-refractivity contribution in [2.75, 3.05) is 56.5 Å². The van der Waals surface area contributed by atoms with Gasteiger partial charge in [-0.25, -0.2) is 9.37 Å². The fourth-order valence-electron chi connectivity index (χ4n) is 5.74. The lowest BCUT2D eigenvalue weighted by Crippen LogP contribution is -2.48. The zero-order valence-corrected chi connectivity index (χ0v) is 24.0. The molecule has 0 unspecified atom stereocenters. The van der Waals surface area contributed by atoms with Gasteiger partial charge in [0.1, 0.15) is 17.2 Å². The topological polar surface area (TPSA) is 134 Å². The van der Waals surface area contributed by atoms with Gasteiger partial charge in [0.25, 0.3) is 5.56 Å². The number of anilines is 2. The Bertz CT molecular complexity index is 1790. The fraction of sp³-hybridized carbons (Fsp3) is 0.387. The molecule has 2 aliphatic heterocycles. The van der Waals surface area contributed by atoms with E-state index < -0.39 is 11.5 Å². The van der Waals surface area contributed by atoms with E-state index in [2.05, 4.69) is 46.6 Å². The van der Waals surface area contributed by atoms with Crippen molar-refractivity contribution in [2.45, 2.75) is 31.3 Å². The van der Waals surface area contributed by atoms with E-state index in [-0.39, 0.29) is 17.0 Å². The number of aromatic nitrogens is 3. The molecule has 0 spiro atoms. The molecule has 4 aromatic rings.